The Labute approximate surface area is 79.1 Å². The van der Waals surface area contributed by atoms with Crippen LogP contribution in [-0.2, 0) is 0 Å². The highest BCUT2D eigenvalue weighted by Gasteiger charge is 1.94. The first-order chi connectivity index (χ1) is 6.20. The second kappa shape index (κ2) is 4.55. The largest absolute Gasteiger partial charge is 0.495 e. The molecule has 0 unspecified atom stereocenters. The van der Waals surface area contributed by atoms with Crippen molar-refractivity contribution in [2.75, 3.05) is 14.1 Å². The van der Waals surface area contributed by atoms with E-state index in [1.807, 2.05) is 36.8 Å². The van der Waals surface area contributed by atoms with Crippen LogP contribution in [0.25, 0.3) is 0 Å². The van der Waals surface area contributed by atoms with Crippen molar-refractivity contribution < 1.29 is 5.11 Å². The van der Waals surface area contributed by atoms with Gasteiger partial charge >= 0.3 is 0 Å². The molecule has 0 aliphatic rings. The van der Waals surface area contributed by atoms with Crippen LogP contribution in [0.2, 0.25) is 0 Å². The van der Waals surface area contributed by atoms with Gasteiger partial charge in [-0.15, -0.1) is 0 Å². The molecule has 0 fully saturated rings. The second-order valence-electron chi connectivity index (χ2n) is 3.00. The molecule has 0 saturated heterocycles. The summed E-state index contributed by atoms with van der Waals surface area (Å²) in [5.74, 6) is 0.254. The Hall–Kier alpha value is -1.44. The van der Waals surface area contributed by atoms with Crippen LogP contribution < -0.4 is 0 Å². The van der Waals surface area contributed by atoms with E-state index in [2.05, 4.69) is 0 Å². The van der Waals surface area contributed by atoms with E-state index in [-0.39, 0.29) is 5.88 Å². The highest BCUT2D eigenvalue weighted by molar-refractivity contribution is 5.27. The van der Waals surface area contributed by atoms with Crippen molar-refractivity contribution >= 4 is 0 Å². The molecule has 1 aromatic carbocycles. The topological polar surface area (TPSA) is 23.5 Å². The minimum Gasteiger partial charge on any atom is -0.495 e. The SMILES string of the molecule is CN(C)/C(O)=C/[CH]c1ccccc1. The van der Waals surface area contributed by atoms with E-state index in [1.54, 1.807) is 25.1 Å². The fourth-order valence-corrected chi connectivity index (χ4v) is 0.884. The Balaban J connectivity index is 2.57. The Morgan fingerprint density at radius 1 is 1.23 bits per heavy atom. The maximum atomic E-state index is 9.34. The maximum Gasteiger partial charge on any atom is 0.182 e. The van der Waals surface area contributed by atoms with Gasteiger partial charge in [-0.25, -0.2) is 0 Å². The lowest BCUT2D eigenvalue weighted by Crippen LogP contribution is -2.10. The number of benzene rings is 1. The third-order valence-electron chi connectivity index (χ3n) is 1.68. The van der Waals surface area contributed by atoms with Gasteiger partial charge in [-0.3, -0.25) is 0 Å². The predicted molar refractivity (Wildman–Crippen MR) is 54.2 cm³/mol. The molecule has 2 heteroatoms. The average molecular weight is 176 g/mol. The van der Waals surface area contributed by atoms with Crippen LogP contribution in [0.15, 0.2) is 42.3 Å². The Bertz CT molecular complexity index is 277. The lowest BCUT2D eigenvalue weighted by atomic mass is 10.1. The zero-order valence-electron chi connectivity index (χ0n) is 7.94. The van der Waals surface area contributed by atoms with Crippen LogP contribution in [0.3, 0.4) is 0 Å². The summed E-state index contributed by atoms with van der Waals surface area (Å²) < 4.78 is 0. The zero-order valence-corrected chi connectivity index (χ0v) is 7.94. The van der Waals surface area contributed by atoms with Crippen molar-refractivity contribution in [1.82, 2.24) is 4.90 Å². The summed E-state index contributed by atoms with van der Waals surface area (Å²) in [4.78, 5) is 1.65. The van der Waals surface area contributed by atoms with Gasteiger partial charge in [0.05, 0.1) is 0 Å². The Morgan fingerprint density at radius 2 is 1.85 bits per heavy atom. The van der Waals surface area contributed by atoms with E-state index in [4.69, 9.17) is 0 Å². The predicted octanol–water partition coefficient (Wildman–Crippen LogP) is 2.20. The van der Waals surface area contributed by atoms with Crippen LogP contribution in [0.5, 0.6) is 0 Å². The van der Waals surface area contributed by atoms with E-state index < -0.39 is 0 Å². The molecule has 0 heterocycles. The fourth-order valence-electron chi connectivity index (χ4n) is 0.884. The molecule has 0 aliphatic carbocycles. The zero-order chi connectivity index (χ0) is 9.68. The first-order valence-corrected chi connectivity index (χ1v) is 4.16. The molecule has 1 radical (unpaired) electrons. The van der Waals surface area contributed by atoms with E-state index in [0.29, 0.717) is 0 Å². The molecule has 0 atom stereocenters. The quantitative estimate of drug-likeness (QED) is 0.714. The standard InChI is InChI=1S/C11H14NO/c1-12(2)11(13)9-8-10-6-4-3-5-7-10/h3-9,13H,1-2H3/b11-9-. The van der Waals surface area contributed by atoms with Crippen molar-refractivity contribution in [1.29, 1.82) is 0 Å². The van der Waals surface area contributed by atoms with E-state index in [1.165, 1.54) is 0 Å². The summed E-state index contributed by atoms with van der Waals surface area (Å²) in [6.45, 7) is 0. The molecule has 13 heavy (non-hydrogen) atoms. The van der Waals surface area contributed by atoms with Gasteiger partial charge in [0.15, 0.2) is 5.88 Å². The molecular formula is C11H14NO. The van der Waals surface area contributed by atoms with Crippen molar-refractivity contribution in [3.8, 4) is 0 Å². The normalized spacial score (nSPS) is 11.4. The third kappa shape index (κ3) is 3.20. The molecule has 0 saturated carbocycles. The lowest BCUT2D eigenvalue weighted by Gasteiger charge is -2.09. The number of hydrogen-bond donors (Lipinski definition) is 1. The van der Waals surface area contributed by atoms with Gasteiger partial charge in [-0.2, -0.15) is 0 Å². The van der Waals surface area contributed by atoms with Gasteiger partial charge in [0, 0.05) is 20.5 Å². The van der Waals surface area contributed by atoms with Gasteiger partial charge in [0.1, 0.15) is 0 Å². The summed E-state index contributed by atoms with van der Waals surface area (Å²) in [5.41, 5.74) is 1.08. The summed E-state index contributed by atoms with van der Waals surface area (Å²) in [6, 6.07) is 9.87. The summed E-state index contributed by atoms with van der Waals surface area (Å²) in [6.07, 6.45) is 3.55. The van der Waals surface area contributed by atoms with Crippen molar-refractivity contribution in [2.24, 2.45) is 0 Å². The van der Waals surface area contributed by atoms with E-state index in [9.17, 15) is 5.11 Å². The summed E-state index contributed by atoms with van der Waals surface area (Å²) in [5, 5.41) is 9.34. The van der Waals surface area contributed by atoms with Crippen LogP contribution in [0.1, 0.15) is 5.56 Å². The van der Waals surface area contributed by atoms with Crippen molar-refractivity contribution in [2.45, 2.75) is 0 Å². The number of rotatable bonds is 3. The second-order valence-corrected chi connectivity index (χ2v) is 3.00. The van der Waals surface area contributed by atoms with Gasteiger partial charge < -0.3 is 10.0 Å². The molecule has 69 valence electrons. The molecule has 0 bridgehead atoms. The first kappa shape index (κ1) is 9.65. The fraction of sp³-hybridized carbons (Fsp3) is 0.182. The van der Waals surface area contributed by atoms with Crippen LogP contribution in [-0.4, -0.2) is 24.1 Å². The third-order valence-corrected chi connectivity index (χ3v) is 1.68. The Kier molecular flexibility index (Phi) is 3.38. The molecule has 2 nitrogen and oxygen atoms in total. The minimum absolute atomic E-state index is 0.254. The van der Waals surface area contributed by atoms with Crippen LogP contribution >= 0.6 is 0 Å². The van der Waals surface area contributed by atoms with Crippen molar-refractivity contribution in [3.63, 3.8) is 0 Å². The van der Waals surface area contributed by atoms with Gasteiger partial charge in [-0.05, 0) is 11.6 Å². The highest BCUT2D eigenvalue weighted by atomic mass is 16.3. The number of nitrogens with zero attached hydrogens (tertiary/aromatic N) is 1. The molecular weight excluding hydrogens is 162 g/mol. The van der Waals surface area contributed by atoms with Gasteiger partial charge in [0.25, 0.3) is 0 Å². The van der Waals surface area contributed by atoms with Gasteiger partial charge in [0.2, 0.25) is 0 Å². The van der Waals surface area contributed by atoms with E-state index in [0.717, 1.165) is 5.56 Å². The molecule has 0 aromatic heterocycles. The molecule has 1 N–H and O–H groups in total. The first-order valence-electron chi connectivity index (χ1n) is 4.16. The molecule has 1 rings (SSSR count). The molecule has 1 aromatic rings. The smallest absolute Gasteiger partial charge is 0.182 e. The maximum absolute atomic E-state index is 9.34. The van der Waals surface area contributed by atoms with Crippen LogP contribution in [0, 0.1) is 6.42 Å². The van der Waals surface area contributed by atoms with Crippen molar-refractivity contribution in [3.05, 3.63) is 54.3 Å². The monoisotopic (exact) mass is 176 g/mol. The van der Waals surface area contributed by atoms with Gasteiger partial charge in [-0.1, -0.05) is 30.3 Å². The molecule has 0 aliphatic heterocycles. The summed E-state index contributed by atoms with van der Waals surface area (Å²) in [7, 11) is 3.59. The minimum atomic E-state index is 0.254. The molecule has 0 amide bonds. The number of aliphatic hydroxyl groups excluding tert-OH is 1. The van der Waals surface area contributed by atoms with E-state index >= 15 is 0 Å². The number of hydrogen-bond acceptors (Lipinski definition) is 2. The number of aliphatic hydroxyl groups is 1. The highest BCUT2D eigenvalue weighted by Crippen LogP contribution is 2.04. The average Bonchev–Trinajstić information content (AvgIpc) is 2.15. The Morgan fingerprint density at radius 3 is 2.38 bits per heavy atom. The number of allylic oxidation sites excluding steroid dienone is 1. The summed E-state index contributed by atoms with van der Waals surface area (Å²) >= 11 is 0. The van der Waals surface area contributed by atoms with Crippen LogP contribution in [0.4, 0.5) is 0 Å². The lowest BCUT2D eigenvalue weighted by molar-refractivity contribution is 0.263. The molecule has 0 spiro atoms.